The smallest absolute Gasteiger partial charge is 0.404 e. The minimum Gasteiger partial charge on any atom is -0.447 e. The van der Waals surface area contributed by atoms with E-state index in [1.165, 1.54) is 11.9 Å². The minimum atomic E-state index is -1.52. The van der Waals surface area contributed by atoms with Gasteiger partial charge in [-0.25, -0.2) is 9.79 Å². The Labute approximate surface area is 183 Å². The summed E-state index contributed by atoms with van der Waals surface area (Å²) in [6.07, 6.45) is -7.37. The number of piperidine rings is 1. The highest BCUT2D eigenvalue weighted by molar-refractivity contribution is 5.92. The SMILES string of the molecule is CN1CC(O)C2NC(NC3OC(COC(N)=O)C(O)C(O)C3N(C)C(=O)CN)=NC2C1=O. The number of hydrogen-bond donors (Lipinski definition) is 7. The lowest BCUT2D eigenvalue weighted by Gasteiger charge is -2.46. The number of fused-ring (bicyclic) bond motifs is 1. The number of carbonyl (C=O) groups is 3. The van der Waals surface area contributed by atoms with Gasteiger partial charge in [-0.2, -0.15) is 0 Å². The Morgan fingerprint density at radius 3 is 2.69 bits per heavy atom. The van der Waals surface area contributed by atoms with E-state index < -0.39 is 67.4 Å². The monoisotopic (exact) mass is 459 g/mol. The first-order chi connectivity index (χ1) is 15.0. The molecule has 3 aliphatic heterocycles. The van der Waals surface area contributed by atoms with Gasteiger partial charge in [0.05, 0.1) is 18.7 Å². The summed E-state index contributed by atoms with van der Waals surface area (Å²) in [6, 6.07) is -2.67. The summed E-state index contributed by atoms with van der Waals surface area (Å²) in [6.45, 7) is -0.684. The summed E-state index contributed by atoms with van der Waals surface area (Å²) < 4.78 is 10.5. The molecule has 0 aromatic rings. The van der Waals surface area contributed by atoms with Crippen LogP contribution >= 0.6 is 0 Å². The first-order valence-electron chi connectivity index (χ1n) is 9.98. The van der Waals surface area contributed by atoms with Crippen LogP contribution in [-0.4, -0.2) is 132 Å². The Balaban J connectivity index is 1.83. The second kappa shape index (κ2) is 9.41. The van der Waals surface area contributed by atoms with Crippen LogP contribution in [0.4, 0.5) is 4.79 Å². The van der Waals surface area contributed by atoms with Gasteiger partial charge in [-0.05, 0) is 0 Å². The maximum absolute atomic E-state index is 12.4. The first-order valence-corrected chi connectivity index (χ1v) is 9.98. The summed E-state index contributed by atoms with van der Waals surface area (Å²) in [4.78, 5) is 42.3. The number of likely N-dealkylation sites (tertiary alicyclic amines) is 1. The Morgan fingerprint density at radius 1 is 1.38 bits per heavy atom. The van der Waals surface area contributed by atoms with E-state index in [4.69, 9.17) is 16.2 Å². The van der Waals surface area contributed by atoms with Crippen molar-refractivity contribution in [3.8, 4) is 0 Å². The average Bonchev–Trinajstić information content (AvgIpc) is 3.17. The number of rotatable bonds is 5. The van der Waals surface area contributed by atoms with Crippen molar-refractivity contribution in [3.05, 3.63) is 0 Å². The van der Waals surface area contributed by atoms with Crippen molar-refractivity contribution in [2.75, 3.05) is 33.8 Å². The van der Waals surface area contributed by atoms with E-state index in [2.05, 4.69) is 20.4 Å². The van der Waals surface area contributed by atoms with E-state index >= 15 is 0 Å². The molecule has 0 aromatic carbocycles. The van der Waals surface area contributed by atoms with Gasteiger partial charge in [0.15, 0.2) is 18.2 Å². The van der Waals surface area contributed by atoms with E-state index in [9.17, 15) is 29.7 Å². The Kier molecular flexibility index (Phi) is 7.04. The molecule has 0 bridgehead atoms. The zero-order valence-corrected chi connectivity index (χ0v) is 17.6. The number of hydrogen-bond acceptors (Lipinski definition) is 12. The number of guanidine groups is 1. The van der Waals surface area contributed by atoms with Crippen molar-refractivity contribution in [2.24, 2.45) is 16.5 Å². The first kappa shape index (κ1) is 23.9. The largest absolute Gasteiger partial charge is 0.447 e. The zero-order chi connectivity index (χ0) is 23.7. The van der Waals surface area contributed by atoms with Crippen molar-refractivity contribution in [3.63, 3.8) is 0 Å². The number of aliphatic hydroxyl groups is 3. The molecule has 0 aromatic heterocycles. The van der Waals surface area contributed by atoms with Crippen molar-refractivity contribution in [1.29, 1.82) is 0 Å². The standard InChI is InChI=1S/C17H29N7O8/c1-23-4-6(25)9-10(15(23)29)21-17(20-9)22-14-11(24(2)8(26)3-18)13(28)12(27)7(32-14)5-31-16(19)30/h6-7,9-14,25,27-28H,3-5,18H2,1-2H3,(H2,19,30)(H2,20,21,22). The Hall–Kier alpha value is -2.72. The summed E-state index contributed by atoms with van der Waals surface area (Å²) in [5.74, 6) is -0.737. The molecule has 2 saturated heterocycles. The van der Waals surface area contributed by atoms with Crippen molar-refractivity contribution >= 4 is 23.9 Å². The van der Waals surface area contributed by atoms with Gasteiger partial charge in [-0.15, -0.1) is 0 Å². The molecular formula is C17H29N7O8. The van der Waals surface area contributed by atoms with E-state index in [1.807, 2.05) is 0 Å². The minimum absolute atomic E-state index is 0.0875. The Morgan fingerprint density at radius 2 is 2.06 bits per heavy atom. The van der Waals surface area contributed by atoms with Gasteiger partial charge in [0.2, 0.25) is 11.8 Å². The number of nitrogens with zero attached hydrogens (tertiary/aromatic N) is 3. The number of nitrogens with two attached hydrogens (primary N) is 2. The van der Waals surface area contributed by atoms with E-state index in [0.717, 1.165) is 4.90 Å². The molecule has 0 radical (unpaired) electrons. The van der Waals surface area contributed by atoms with Gasteiger partial charge in [-0.1, -0.05) is 0 Å². The number of ether oxygens (including phenoxy) is 2. The fraction of sp³-hybridized carbons (Fsp3) is 0.765. The number of likely N-dealkylation sites (N-methyl/N-ethyl adjacent to an activating group) is 2. The molecule has 9 N–H and O–H groups in total. The van der Waals surface area contributed by atoms with Gasteiger partial charge < -0.3 is 56.7 Å². The quantitative estimate of drug-likeness (QED) is 0.205. The van der Waals surface area contributed by atoms with Crippen LogP contribution in [0.2, 0.25) is 0 Å². The van der Waals surface area contributed by atoms with Crippen LogP contribution in [0, 0.1) is 0 Å². The van der Waals surface area contributed by atoms with E-state index in [1.54, 1.807) is 7.05 Å². The fourth-order valence-corrected chi connectivity index (χ4v) is 4.05. The third-order valence-electron chi connectivity index (χ3n) is 5.81. The van der Waals surface area contributed by atoms with E-state index in [0.29, 0.717) is 0 Å². The summed E-state index contributed by atoms with van der Waals surface area (Å²) >= 11 is 0. The highest BCUT2D eigenvalue weighted by atomic mass is 16.6. The lowest BCUT2D eigenvalue weighted by atomic mass is 9.94. The van der Waals surface area contributed by atoms with Crippen LogP contribution in [0.5, 0.6) is 0 Å². The maximum Gasteiger partial charge on any atom is 0.404 e. The highest BCUT2D eigenvalue weighted by Gasteiger charge is 2.50. The van der Waals surface area contributed by atoms with E-state index in [-0.39, 0.29) is 25.0 Å². The van der Waals surface area contributed by atoms with Crippen LogP contribution in [0.3, 0.4) is 0 Å². The number of carbonyl (C=O) groups excluding carboxylic acids is 3. The number of aliphatic imine (C=N–C) groups is 1. The molecule has 0 spiro atoms. The predicted octanol–water partition coefficient (Wildman–Crippen LogP) is -5.57. The third-order valence-corrected chi connectivity index (χ3v) is 5.81. The molecular weight excluding hydrogens is 430 g/mol. The summed E-state index contributed by atoms with van der Waals surface area (Å²) in [7, 11) is 2.93. The van der Waals surface area contributed by atoms with Crippen LogP contribution in [0.15, 0.2) is 4.99 Å². The normalized spacial score (nSPS) is 36.6. The van der Waals surface area contributed by atoms with Gasteiger partial charge in [-0.3, -0.25) is 9.59 Å². The number of nitrogens with one attached hydrogen (secondary N) is 2. The zero-order valence-electron chi connectivity index (χ0n) is 17.6. The number of primary amides is 1. The topological polar surface area (TPSA) is 225 Å². The Bertz CT molecular complexity index is 782. The van der Waals surface area contributed by atoms with Crippen LogP contribution in [-0.2, 0) is 19.1 Å². The van der Waals surface area contributed by atoms with Crippen LogP contribution in [0.1, 0.15) is 0 Å². The summed E-state index contributed by atoms with van der Waals surface area (Å²) in [5.41, 5.74) is 10.4. The third kappa shape index (κ3) is 4.56. The lowest BCUT2D eigenvalue weighted by molar-refractivity contribution is -0.215. The molecule has 8 atom stereocenters. The highest BCUT2D eigenvalue weighted by Crippen LogP contribution is 2.25. The van der Waals surface area contributed by atoms with Gasteiger partial charge in [0.1, 0.15) is 31.0 Å². The number of aliphatic hydroxyl groups excluding tert-OH is 3. The molecule has 15 nitrogen and oxygen atoms in total. The lowest BCUT2D eigenvalue weighted by Crippen LogP contribution is -2.69. The second-order valence-electron chi connectivity index (χ2n) is 7.93. The van der Waals surface area contributed by atoms with Crippen LogP contribution in [0.25, 0.3) is 0 Å². The molecule has 3 aliphatic rings. The maximum atomic E-state index is 12.4. The van der Waals surface area contributed by atoms with Gasteiger partial charge >= 0.3 is 6.09 Å². The van der Waals surface area contributed by atoms with Gasteiger partial charge in [0, 0.05) is 20.6 Å². The molecule has 3 heterocycles. The fourth-order valence-electron chi connectivity index (χ4n) is 4.05. The summed E-state index contributed by atoms with van der Waals surface area (Å²) in [5, 5.41) is 37.2. The second-order valence-corrected chi connectivity index (χ2v) is 7.93. The average molecular weight is 459 g/mol. The molecule has 32 heavy (non-hydrogen) atoms. The predicted molar refractivity (Wildman–Crippen MR) is 107 cm³/mol. The van der Waals surface area contributed by atoms with Crippen LogP contribution < -0.4 is 22.1 Å². The van der Waals surface area contributed by atoms with Crippen molar-refractivity contribution in [1.82, 2.24) is 20.4 Å². The van der Waals surface area contributed by atoms with Gasteiger partial charge in [0.25, 0.3) is 0 Å². The molecule has 0 saturated carbocycles. The molecule has 8 unspecified atom stereocenters. The molecule has 2 fully saturated rings. The molecule has 180 valence electrons. The molecule has 3 amide bonds. The number of amides is 3. The number of β-amino-alcohol motifs (C(OH)–C–C–N with tert-alkyl or cyclic N) is 1. The molecule has 0 aliphatic carbocycles. The molecule has 3 rings (SSSR count). The van der Waals surface area contributed by atoms with Crippen molar-refractivity contribution < 1.29 is 39.2 Å². The van der Waals surface area contributed by atoms with Crippen molar-refractivity contribution in [2.45, 2.75) is 48.8 Å². The molecule has 15 heteroatoms.